The van der Waals surface area contributed by atoms with Crippen molar-refractivity contribution in [3.63, 3.8) is 0 Å². The summed E-state index contributed by atoms with van der Waals surface area (Å²) in [4.78, 5) is 0. The standard InChI is InChI=1S/C14H21BrO2/c1-6-11(7-16)12-10(4)13(15)8(2)9(3)14(12)17-5/h11,16H,6-7H2,1-5H3. The lowest BCUT2D eigenvalue weighted by Gasteiger charge is -2.23. The van der Waals surface area contributed by atoms with Crippen molar-refractivity contribution in [1.29, 1.82) is 0 Å². The summed E-state index contributed by atoms with van der Waals surface area (Å²) in [5.41, 5.74) is 4.65. The molecule has 0 aliphatic carbocycles. The Bertz CT molecular complexity index is 409. The third-order valence-electron chi connectivity index (χ3n) is 3.54. The number of halogens is 1. The molecule has 0 fully saturated rings. The molecule has 0 radical (unpaired) electrons. The average molecular weight is 301 g/mol. The lowest BCUT2D eigenvalue weighted by Crippen LogP contribution is -2.10. The number of aliphatic hydroxyl groups excluding tert-OH is 1. The number of aliphatic hydroxyl groups is 1. The van der Waals surface area contributed by atoms with Crippen molar-refractivity contribution in [3.05, 3.63) is 26.7 Å². The van der Waals surface area contributed by atoms with Gasteiger partial charge in [-0.3, -0.25) is 0 Å². The lowest BCUT2D eigenvalue weighted by atomic mass is 9.88. The Morgan fingerprint density at radius 1 is 1.18 bits per heavy atom. The van der Waals surface area contributed by atoms with Gasteiger partial charge in [0.25, 0.3) is 0 Å². The molecular formula is C14H21BrO2. The molecule has 17 heavy (non-hydrogen) atoms. The van der Waals surface area contributed by atoms with E-state index in [-0.39, 0.29) is 12.5 Å². The molecule has 3 heteroatoms. The van der Waals surface area contributed by atoms with Crippen LogP contribution >= 0.6 is 15.9 Å². The minimum Gasteiger partial charge on any atom is -0.496 e. The maximum atomic E-state index is 9.50. The molecular weight excluding hydrogens is 280 g/mol. The van der Waals surface area contributed by atoms with Crippen LogP contribution in [0, 0.1) is 20.8 Å². The van der Waals surface area contributed by atoms with Gasteiger partial charge in [-0.2, -0.15) is 0 Å². The number of hydrogen-bond donors (Lipinski definition) is 1. The highest BCUT2D eigenvalue weighted by molar-refractivity contribution is 9.10. The Balaban J connectivity index is 3.56. The largest absolute Gasteiger partial charge is 0.496 e. The number of ether oxygens (including phenoxy) is 1. The van der Waals surface area contributed by atoms with Crippen LogP contribution in [0.1, 0.15) is 41.5 Å². The fourth-order valence-electron chi connectivity index (χ4n) is 2.29. The smallest absolute Gasteiger partial charge is 0.125 e. The van der Waals surface area contributed by atoms with E-state index < -0.39 is 0 Å². The van der Waals surface area contributed by atoms with Gasteiger partial charge in [-0.05, 0) is 43.9 Å². The van der Waals surface area contributed by atoms with Crippen LogP contribution in [0.5, 0.6) is 5.75 Å². The van der Waals surface area contributed by atoms with Crippen molar-refractivity contribution in [2.45, 2.75) is 40.0 Å². The summed E-state index contributed by atoms with van der Waals surface area (Å²) in [6.07, 6.45) is 0.905. The van der Waals surface area contributed by atoms with Gasteiger partial charge >= 0.3 is 0 Å². The molecule has 0 aliphatic rings. The summed E-state index contributed by atoms with van der Waals surface area (Å²) < 4.78 is 6.67. The van der Waals surface area contributed by atoms with E-state index in [1.165, 1.54) is 11.1 Å². The molecule has 1 atom stereocenters. The molecule has 1 aromatic rings. The minimum atomic E-state index is 0.139. The Kier molecular flexibility index (Phi) is 5.02. The van der Waals surface area contributed by atoms with Crippen LogP contribution in [0.3, 0.4) is 0 Å². The number of hydrogen-bond acceptors (Lipinski definition) is 2. The molecule has 0 aliphatic heterocycles. The van der Waals surface area contributed by atoms with E-state index in [9.17, 15) is 5.11 Å². The summed E-state index contributed by atoms with van der Waals surface area (Å²) in [5, 5.41) is 9.50. The van der Waals surface area contributed by atoms with E-state index in [2.05, 4.69) is 43.6 Å². The van der Waals surface area contributed by atoms with Gasteiger partial charge in [-0.15, -0.1) is 0 Å². The molecule has 0 bridgehead atoms. The van der Waals surface area contributed by atoms with Crippen LogP contribution in [-0.4, -0.2) is 18.8 Å². The summed E-state index contributed by atoms with van der Waals surface area (Å²) in [5.74, 6) is 1.06. The first-order valence-corrected chi connectivity index (χ1v) is 6.72. The van der Waals surface area contributed by atoms with Gasteiger partial charge in [0.1, 0.15) is 5.75 Å². The minimum absolute atomic E-state index is 0.139. The topological polar surface area (TPSA) is 29.5 Å². The van der Waals surface area contributed by atoms with Crippen molar-refractivity contribution in [2.75, 3.05) is 13.7 Å². The molecule has 1 aromatic carbocycles. The first-order valence-electron chi connectivity index (χ1n) is 5.93. The van der Waals surface area contributed by atoms with E-state index in [0.717, 1.165) is 27.8 Å². The molecule has 0 amide bonds. The van der Waals surface area contributed by atoms with Crippen LogP contribution in [-0.2, 0) is 0 Å². The zero-order chi connectivity index (χ0) is 13.2. The number of rotatable bonds is 4. The second-order valence-electron chi connectivity index (χ2n) is 4.42. The van der Waals surface area contributed by atoms with Crippen LogP contribution < -0.4 is 4.74 Å². The van der Waals surface area contributed by atoms with Gasteiger partial charge in [0.15, 0.2) is 0 Å². The Hall–Kier alpha value is -0.540. The van der Waals surface area contributed by atoms with Crippen molar-refractivity contribution < 1.29 is 9.84 Å². The molecule has 2 nitrogen and oxygen atoms in total. The van der Waals surface area contributed by atoms with E-state index in [4.69, 9.17) is 4.74 Å². The van der Waals surface area contributed by atoms with Gasteiger partial charge in [-0.1, -0.05) is 22.9 Å². The Labute approximate surface area is 112 Å². The predicted octanol–water partition coefficient (Wildman–Crippen LogP) is 3.87. The van der Waals surface area contributed by atoms with E-state index >= 15 is 0 Å². The van der Waals surface area contributed by atoms with Crippen molar-refractivity contribution in [1.82, 2.24) is 0 Å². The van der Waals surface area contributed by atoms with Crippen molar-refractivity contribution >= 4 is 15.9 Å². The highest BCUT2D eigenvalue weighted by atomic mass is 79.9. The highest BCUT2D eigenvalue weighted by Gasteiger charge is 2.22. The van der Waals surface area contributed by atoms with Crippen molar-refractivity contribution in [2.24, 2.45) is 0 Å². The fourth-order valence-corrected chi connectivity index (χ4v) is 2.80. The normalized spacial score (nSPS) is 12.6. The van der Waals surface area contributed by atoms with Crippen LogP contribution in [0.2, 0.25) is 0 Å². The van der Waals surface area contributed by atoms with Crippen LogP contribution in [0.4, 0.5) is 0 Å². The average Bonchev–Trinajstić information content (AvgIpc) is 2.34. The summed E-state index contributed by atoms with van der Waals surface area (Å²) in [6, 6.07) is 0. The highest BCUT2D eigenvalue weighted by Crippen LogP contribution is 2.40. The molecule has 0 saturated heterocycles. The second-order valence-corrected chi connectivity index (χ2v) is 5.22. The first-order chi connectivity index (χ1) is 7.99. The van der Waals surface area contributed by atoms with Gasteiger partial charge < -0.3 is 9.84 Å². The van der Waals surface area contributed by atoms with Crippen molar-refractivity contribution in [3.8, 4) is 5.75 Å². The summed E-state index contributed by atoms with van der Waals surface area (Å²) >= 11 is 3.63. The maximum Gasteiger partial charge on any atom is 0.125 e. The number of benzene rings is 1. The second kappa shape index (κ2) is 5.87. The van der Waals surface area contributed by atoms with Gasteiger partial charge in [0, 0.05) is 16.0 Å². The van der Waals surface area contributed by atoms with Gasteiger partial charge in [-0.25, -0.2) is 0 Å². The fraction of sp³-hybridized carbons (Fsp3) is 0.571. The zero-order valence-corrected chi connectivity index (χ0v) is 12.8. The lowest BCUT2D eigenvalue weighted by molar-refractivity contribution is 0.258. The van der Waals surface area contributed by atoms with Gasteiger partial charge in [0.05, 0.1) is 13.7 Å². The first kappa shape index (κ1) is 14.5. The van der Waals surface area contributed by atoms with Gasteiger partial charge in [0.2, 0.25) is 0 Å². The quantitative estimate of drug-likeness (QED) is 0.915. The Morgan fingerprint density at radius 2 is 1.76 bits per heavy atom. The van der Waals surface area contributed by atoms with Crippen LogP contribution in [0.25, 0.3) is 0 Å². The maximum absolute atomic E-state index is 9.50. The molecule has 0 aromatic heterocycles. The summed E-state index contributed by atoms with van der Waals surface area (Å²) in [7, 11) is 1.70. The van der Waals surface area contributed by atoms with Crippen LogP contribution in [0.15, 0.2) is 4.47 Å². The third kappa shape index (κ3) is 2.50. The third-order valence-corrected chi connectivity index (χ3v) is 4.73. The molecule has 1 N–H and O–H groups in total. The molecule has 0 heterocycles. The molecule has 1 rings (SSSR count). The monoisotopic (exact) mass is 300 g/mol. The molecule has 1 unspecified atom stereocenters. The van der Waals surface area contributed by atoms with E-state index in [0.29, 0.717) is 0 Å². The van der Waals surface area contributed by atoms with E-state index in [1.54, 1.807) is 7.11 Å². The van der Waals surface area contributed by atoms with E-state index in [1.807, 2.05) is 0 Å². The predicted molar refractivity (Wildman–Crippen MR) is 75.0 cm³/mol. The zero-order valence-electron chi connectivity index (χ0n) is 11.2. The SMILES string of the molecule is CCC(CO)c1c(C)c(Br)c(C)c(C)c1OC. The molecule has 0 saturated carbocycles. The molecule has 96 valence electrons. The summed E-state index contributed by atoms with van der Waals surface area (Å²) in [6.45, 7) is 8.46. The number of methoxy groups -OCH3 is 1. The molecule has 0 spiro atoms. The Morgan fingerprint density at radius 3 is 2.18 bits per heavy atom.